The fourth-order valence-corrected chi connectivity index (χ4v) is 2.66. The van der Waals surface area contributed by atoms with Crippen molar-refractivity contribution in [1.29, 1.82) is 0 Å². The summed E-state index contributed by atoms with van der Waals surface area (Å²) in [6.07, 6.45) is 1.77. The summed E-state index contributed by atoms with van der Waals surface area (Å²) in [5.41, 5.74) is 1.98. The minimum Gasteiger partial charge on any atom is -0.373 e. The number of benzene rings is 1. The molecule has 0 radical (unpaired) electrons. The van der Waals surface area contributed by atoms with E-state index in [2.05, 4.69) is 15.1 Å². The highest BCUT2D eigenvalue weighted by molar-refractivity contribution is 8.18. The van der Waals surface area contributed by atoms with E-state index in [-0.39, 0.29) is 11.1 Å². The minimum atomic E-state index is -0.323. The molecule has 0 aliphatic carbocycles. The molecule has 0 atom stereocenters. The fourth-order valence-electron chi connectivity index (χ4n) is 1.99. The molecule has 1 aliphatic rings. The number of para-hydroxylation sites is 1. The smallest absolute Gasteiger partial charge is 0.290 e. The van der Waals surface area contributed by atoms with Crippen molar-refractivity contribution in [3.05, 3.63) is 34.7 Å². The van der Waals surface area contributed by atoms with Gasteiger partial charge < -0.3 is 9.80 Å². The van der Waals surface area contributed by atoms with Crippen LogP contribution in [0.2, 0.25) is 0 Å². The molecule has 0 bridgehead atoms. The van der Waals surface area contributed by atoms with E-state index in [0.29, 0.717) is 4.91 Å². The zero-order valence-corrected chi connectivity index (χ0v) is 13.2. The summed E-state index contributed by atoms with van der Waals surface area (Å²) in [5, 5.41) is 1.96. The largest absolute Gasteiger partial charge is 0.373 e. The van der Waals surface area contributed by atoms with Crippen LogP contribution >= 0.6 is 11.8 Å². The second kappa shape index (κ2) is 6.78. The van der Waals surface area contributed by atoms with E-state index in [1.165, 1.54) is 0 Å². The lowest BCUT2D eigenvalue weighted by Gasteiger charge is -2.23. The molecule has 2 amide bonds. The molecule has 0 aromatic heterocycles. The van der Waals surface area contributed by atoms with Crippen LogP contribution in [0, 0.1) is 0 Å². The topological polar surface area (TPSA) is 52.6 Å². The Hall–Kier alpha value is -1.79. The SMILES string of the molecule is CN(C)CCN(C)c1ccccc1C=C1SC(=O)NC1=O. The first kappa shape index (κ1) is 15.6. The van der Waals surface area contributed by atoms with Crippen LogP contribution in [0.25, 0.3) is 6.08 Å². The summed E-state index contributed by atoms with van der Waals surface area (Å²) < 4.78 is 0. The maximum Gasteiger partial charge on any atom is 0.290 e. The first-order valence-electron chi connectivity index (χ1n) is 6.67. The Morgan fingerprint density at radius 3 is 2.48 bits per heavy atom. The zero-order chi connectivity index (χ0) is 15.4. The van der Waals surface area contributed by atoms with Crippen molar-refractivity contribution in [2.45, 2.75) is 0 Å². The molecular weight excluding hydrogens is 286 g/mol. The van der Waals surface area contributed by atoms with Gasteiger partial charge >= 0.3 is 0 Å². The van der Waals surface area contributed by atoms with E-state index in [1.54, 1.807) is 6.08 Å². The maximum atomic E-state index is 11.6. The third-order valence-electron chi connectivity index (χ3n) is 3.16. The molecule has 6 heteroatoms. The van der Waals surface area contributed by atoms with Gasteiger partial charge in [-0.25, -0.2) is 0 Å². The van der Waals surface area contributed by atoms with Crippen LogP contribution in [-0.2, 0) is 4.79 Å². The summed E-state index contributed by atoms with van der Waals surface area (Å²) in [6, 6.07) is 7.86. The molecular formula is C15H19N3O2S. The summed E-state index contributed by atoms with van der Waals surface area (Å²) in [6.45, 7) is 1.82. The molecule has 1 fully saturated rings. The van der Waals surface area contributed by atoms with Gasteiger partial charge in [0.1, 0.15) is 0 Å². The molecule has 1 aromatic carbocycles. The number of nitrogens with zero attached hydrogens (tertiary/aromatic N) is 2. The van der Waals surface area contributed by atoms with E-state index >= 15 is 0 Å². The second-order valence-corrected chi connectivity index (χ2v) is 6.15. The third kappa shape index (κ3) is 4.09. The number of anilines is 1. The Morgan fingerprint density at radius 2 is 1.86 bits per heavy atom. The highest BCUT2D eigenvalue weighted by atomic mass is 32.2. The summed E-state index contributed by atoms with van der Waals surface area (Å²) >= 11 is 0.942. The number of hydrogen-bond donors (Lipinski definition) is 1. The number of hydrogen-bond acceptors (Lipinski definition) is 5. The fraction of sp³-hybridized carbons (Fsp3) is 0.333. The summed E-state index contributed by atoms with van der Waals surface area (Å²) in [5.74, 6) is -0.323. The van der Waals surface area contributed by atoms with Crippen LogP contribution < -0.4 is 10.2 Å². The molecule has 1 aliphatic heterocycles. The molecule has 5 nitrogen and oxygen atoms in total. The van der Waals surface area contributed by atoms with Crippen LogP contribution in [0.1, 0.15) is 5.56 Å². The number of thioether (sulfide) groups is 1. The predicted molar refractivity (Wildman–Crippen MR) is 87.4 cm³/mol. The molecule has 0 spiro atoms. The lowest BCUT2D eigenvalue weighted by Crippen LogP contribution is -2.28. The van der Waals surface area contributed by atoms with Crippen molar-refractivity contribution >= 4 is 34.7 Å². The number of nitrogens with one attached hydrogen (secondary N) is 1. The molecule has 1 heterocycles. The summed E-state index contributed by atoms with van der Waals surface area (Å²) in [7, 11) is 6.09. The number of carbonyl (C=O) groups is 2. The number of imide groups is 1. The molecule has 1 N–H and O–H groups in total. The van der Waals surface area contributed by atoms with Crippen LogP contribution in [0.15, 0.2) is 29.2 Å². The lowest BCUT2D eigenvalue weighted by atomic mass is 10.1. The number of carbonyl (C=O) groups excluding carboxylic acids is 2. The van der Waals surface area contributed by atoms with E-state index in [0.717, 1.165) is 36.1 Å². The van der Waals surface area contributed by atoms with Crippen LogP contribution in [0.5, 0.6) is 0 Å². The van der Waals surface area contributed by atoms with Crippen molar-refractivity contribution in [2.24, 2.45) is 0 Å². The van der Waals surface area contributed by atoms with Gasteiger partial charge in [-0.3, -0.25) is 14.9 Å². The molecule has 2 rings (SSSR count). The van der Waals surface area contributed by atoms with Crippen molar-refractivity contribution in [3.63, 3.8) is 0 Å². The highest BCUT2D eigenvalue weighted by Gasteiger charge is 2.25. The number of rotatable bonds is 5. The second-order valence-electron chi connectivity index (χ2n) is 5.14. The van der Waals surface area contributed by atoms with E-state index in [4.69, 9.17) is 0 Å². The minimum absolute atomic E-state index is 0.315. The van der Waals surface area contributed by atoms with Crippen LogP contribution in [0.4, 0.5) is 10.5 Å². The van der Waals surface area contributed by atoms with Gasteiger partial charge in [0.25, 0.3) is 11.1 Å². The van der Waals surface area contributed by atoms with Crippen molar-refractivity contribution in [2.75, 3.05) is 39.1 Å². The summed E-state index contributed by atoms with van der Waals surface area (Å²) in [4.78, 5) is 27.6. The standard InChI is InChI=1S/C15H19N3O2S/c1-17(2)8-9-18(3)12-7-5-4-6-11(12)10-13-14(19)16-15(20)21-13/h4-7,10H,8-9H2,1-3H3,(H,16,19,20). The van der Waals surface area contributed by atoms with Crippen molar-refractivity contribution < 1.29 is 9.59 Å². The Labute approximate surface area is 129 Å². The van der Waals surface area contributed by atoms with Crippen LogP contribution in [0.3, 0.4) is 0 Å². The first-order chi connectivity index (χ1) is 9.97. The molecule has 0 saturated carbocycles. The Bertz CT molecular complexity index is 584. The van der Waals surface area contributed by atoms with Gasteiger partial charge in [0.2, 0.25) is 0 Å². The molecule has 1 aromatic rings. The quantitative estimate of drug-likeness (QED) is 0.843. The van der Waals surface area contributed by atoms with E-state index in [1.807, 2.05) is 45.4 Å². The maximum absolute atomic E-state index is 11.6. The van der Waals surface area contributed by atoms with E-state index in [9.17, 15) is 9.59 Å². The average Bonchev–Trinajstić information content (AvgIpc) is 2.75. The normalized spacial score (nSPS) is 16.7. The van der Waals surface area contributed by atoms with Crippen molar-refractivity contribution in [3.8, 4) is 0 Å². The van der Waals surface area contributed by atoms with Crippen molar-refractivity contribution in [1.82, 2.24) is 10.2 Å². The van der Waals surface area contributed by atoms with Gasteiger partial charge in [0, 0.05) is 25.8 Å². The molecule has 1 saturated heterocycles. The van der Waals surface area contributed by atoms with Gasteiger partial charge in [-0.2, -0.15) is 0 Å². The third-order valence-corrected chi connectivity index (χ3v) is 3.97. The Morgan fingerprint density at radius 1 is 1.14 bits per heavy atom. The average molecular weight is 305 g/mol. The molecule has 21 heavy (non-hydrogen) atoms. The monoisotopic (exact) mass is 305 g/mol. The van der Waals surface area contributed by atoms with Gasteiger partial charge in [-0.1, -0.05) is 18.2 Å². The van der Waals surface area contributed by atoms with E-state index < -0.39 is 0 Å². The number of amides is 2. The molecule has 112 valence electrons. The first-order valence-corrected chi connectivity index (χ1v) is 7.49. The lowest BCUT2D eigenvalue weighted by molar-refractivity contribution is -0.115. The number of likely N-dealkylation sites (N-methyl/N-ethyl adjacent to an activating group) is 2. The Kier molecular flexibility index (Phi) is 5.03. The zero-order valence-electron chi connectivity index (χ0n) is 12.4. The predicted octanol–water partition coefficient (Wildman–Crippen LogP) is 2.01. The van der Waals surface area contributed by atoms with Gasteiger partial charge in [-0.15, -0.1) is 0 Å². The molecule has 0 unspecified atom stereocenters. The van der Waals surface area contributed by atoms with Crippen LogP contribution in [-0.4, -0.2) is 50.3 Å². The van der Waals surface area contributed by atoms with Gasteiger partial charge in [-0.05, 0) is 43.6 Å². The highest BCUT2D eigenvalue weighted by Crippen LogP contribution is 2.29. The van der Waals surface area contributed by atoms with Gasteiger partial charge in [0.15, 0.2) is 0 Å². The Balaban J connectivity index is 2.23. The van der Waals surface area contributed by atoms with Gasteiger partial charge in [0.05, 0.1) is 4.91 Å².